The van der Waals surface area contributed by atoms with E-state index in [0.717, 1.165) is 0 Å². The summed E-state index contributed by atoms with van der Waals surface area (Å²) in [5, 5.41) is 13.5. The number of nitrogens with zero attached hydrogens (tertiary/aromatic N) is 1. The first kappa shape index (κ1) is 18.0. The van der Waals surface area contributed by atoms with Crippen LogP contribution in [0.2, 0.25) is 0 Å². The summed E-state index contributed by atoms with van der Waals surface area (Å²) in [6, 6.07) is 20.4. The average molecular weight is 362 g/mol. The third-order valence-electron chi connectivity index (χ3n) is 3.85. The van der Waals surface area contributed by atoms with Crippen LogP contribution in [0.4, 0.5) is 15.8 Å². The highest BCUT2D eigenvalue weighted by molar-refractivity contribution is 6.29. The number of nitro groups is 1. The number of anilines is 1. The second kappa shape index (κ2) is 8.05. The number of amides is 1. The zero-order valence-corrected chi connectivity index (χ0v) is 14.1. The molecule has 0 saturated heterocycles. The van der Waals surface area contributed by atoms with Gasteiger partial charge in [0.1, 0.15) is 5.82 Å². The molecule has 0 aromatic heterocycles. The lowest BCUT2D eigenvalue weighted by molar-refractivity contribution is -0.384. The number of benzene rings is 3. The van der Waals surface area contributed by atoms with E-state index in [2.05, 4.69) is 5.32 Å². The van der Waals surface area contributed by atoms with Crippen LogP contribution in [-0.2, 0) is 4.79 Å². The summed E-state index contributed by atoms with van der Waals surface area (Å²) in [7, 11) is 0. The van der Waals surface area contributed by atoms with E-state index >= 15 is 0 Å². The van der Waals surface area contributed by atoms with Crippen LogP contribution in [-0.4, -0.2) is 10.8 Å². The number of non-ortho nitro benzene ring substituents is 1. The number of halogens is 1. The fourth-order valence-corrected chi connectivity index (χ4v) is 2.49. The van der Waals surface area contributed by atoms with Gasteiger partial charge in [0, 0.05) is 23.4 Å². The van der Waals surface area contributed by atoms with Crippen molar-refractivity contribution in [3.8, 4) is 0 Å². The molecule has 0 radical (unpaired) electrons. The molecule has 0 fully saturated rings. The van der Waals surface area contributed by atoms with Crippen molar-refractivity contribution >= 4 is 28.9 Å². The topological polar surface area (TPSA) is 72.2 Å². The molecule has 0 spiro atoms. The van der Waals surface area contributed by atoms with Gasteiger partial charge < -0.3 is 5.32 Å². The first-order valence-corrected chi connectivity index (χ1v) is 8.11. The van der Waals surface area contributed by atoms with Crippen LogP contribution >= 0.6 is 0 Å². The first-order chi connectivity index (χ1) is 13.0. The van der Waals surface area contributed by atoms with Crippen LogP contribution < -0.4 is 5.32 Å². The summed E-state index contributed by atoms with van der Waals surface area (Å²) < 4.78 is 13.1. The molecule has 6 heteroatoms. The molecule has 1 amide bonds. The summed E-state index contributed by atoms with van der Waals surface area (Å²) in [5.74, 6) is -0.760. The van der Waals surface area contributed by atoms with Crippen molar-refractivity contribution in [3.05, 3.63) is 106 Å². The van der Waals surface area contributed by atoms with E-state index in [1.807, 2.05) is 18.2 Å². The van der Waals surface area contributed by atoms with Gasteiger partial charge in [0.05, 0.1) is 4.92 Å². The van der Waals surface area contributed by atoms with Gasteiger partial charge in [-0.2, -0.15) is 0 Å². The van der Waals surface area contributed by atoms with E-state index in [1.165, 1.54) is 36.4 Å². The van der Waals surface area contributed by atoms with Gasteiger partial charge in [-0.25, -0.2) is 4.39 Å². The molecule has 0 aliphatic rings. The van der Waals surface area contributed by atoms with Crippen LogP contribution in [0.25, 0.3) is 11.6 Å². The van der Waals surface area contributed by atoms with Crippen LogP contribution in [0.1, 0.15) is 11.1 Å². The van der Waals surface area contributed by atoms with Gasteiger partial charge in [-0.3, -0.25) is 14.9 Å². The molecule has 0 aliphatic heterocycles. The summed E-state index contributed by atoms with van der Waals surface area (Å²) in [6.45, 7) is 0. The highest BCUT2D eigenvalue weighted by Gasteiger charge is 2.13. The minimum Gasteiger partial charge on any atom is -0.322 e. The number of hydrogen-bond donors (Lipinski definition) is 1. The summed E-state index contributed by atoms with van der Waals surface area (Å²) >= 11 is 0. The van der Waals surface area contributed by atoms with Crippen molar-refractivity contribution in [2.75, 3.05) is 5.32 Å². The number of carbonyl (C=O) groups excluding carboxylic acids is 1. The lowest BCUT2D eigenvalue weighted by atomic mass is 10.0. The Labute approximate surface area is 154 Å². The SMILES string of the molecule is O=C(Nc1ccc(F)cc1)/C(=C/c1ccc([N+](=O)[O-])cc1)c1ccccc1. The summed E-state index contributed by atoms with van der Waals surface area (Å²) in [6.07, 6.45) is 1.65. The Balaban J connectivity index is 1.94. The van der Waals surface area contributed by atoms with E-state index in [4.69, 9.17) is 0 Å². The predicted octanol–water partition coefficient (Wildman–Crippen LogP) is 4.91. The summed E-state index contributed by atoms with van der Waals surface area (Å²) in [4.78, 5) is 23.1. The second-order valence-electron chi connectivity index (χ2n) is 5.73. The molecule has 0 unspecified atom stereocenters. The fraction of sp³-hybridized carbons (Fsp3) is 0. The molecule has 27 heavy (non-hydrogen) atoms. The van der Waals surface area contributed by atoms with Crippen molar-refractivity contribution < 1.29 is 14.1 Å². The minimum atomic E-state index is -0.479. The van der Waals surface area contributed by atoms with Gasteiger partial charge in [-0.15, -0.1) is 0 Å². The Morgan fingerprint density at radius 3 is 2.15 bits per heavy atom. The monoisotopic (exact) mass is 362 g/mol. The average Bonchev–Trinajstić information content (AvgIpc) is 2.69. The molecule has 0 aliphatic carbocycles. The van der Waals surface area contributed by atoms with Crippen LogP contribution in [0.15, 0.2) is 78.9 Å². The maximum atomic E-state index is 13.1. The Bertz CT molecular complexity index is 982. The normalized spacial score (nSPS) is 11.1. The van der Waals surface area contributed by atoms with Crippen LogP contribution in [0.5, 0.6) is 0 Å². The van der Waals surface area contributed by atoms with Gasteiger partial charge in [0.2, 0.25) is 0 Å². The Kier molecular flexibility index (Phi) is 5.37. The molecule has 5 nitrogen and oxygen atoms in total. The molecule has 3 aromatic rings. The maximum absolute atomic E-state index is 13.1. The van der Waals surface area contributed by atoms with Gasteiger partial charge >= 0.3 is 0 Å². The zero-order chi connectivity index (χ0) is 19.2. The molecule has 3 aromatic carbocycles. The third kappa shape index (κ3) is 4.64. The molecular weight excluding hydrogens is 347 g/mol. The molecule has 134 valence electrons. The minimum absolute atomic E-state index is 0.0239. The molecule has 0 saturated carbocycles. The Morgan fingerprint density at radius 1 is 0.926 bits per heavy atom. The van der Waals surface area contributed by atoms with E-state index in [0.29, 0.717) is 22.4 Å². The highest BCUT2D eigenvalue weighted by Crippen LogP contribution is 2.22. The van der Waals surface area contributed by atoms with Gasteiger partial charge in [-0.05, 0) is 53.6 Å². The molecule has 0 bridgehead atoms. The lowest BCUT2D eigenvalue weighted by Gasteiger charge is -2.10. The largest absolute Gasteiger partial charge is 0.322 e. The van der Waals surface area contributed by atoms with Gasteiger partial charge in [-0.1, -0.05) is 30.3 Å². The van der Waals surface area contributed by atoms with Crippen molar-refractivity contribution in [3.63, 3.8) is 0 Å². The quantitative estimate of drug-likeness (QED) is 0.303. The Hall–Kier alpha value is -3.80. The van der Waals surface area contributed by atoms with Crippen molar-refractivity contribution in [1.82, 2.24) is 0 Å². The van der Waals surface area contributed by atoms with E-state index in [-0.39, 0.29) is 11.6 Å². The van der Waals surface area contributed by atoms with E-state index in [9.17, 15) is 19.3 Å². The fourth-order valence-electron chi connectivity index (χ4n) is 2.49. The number of carbonyl (C=O) groups is 1. The van der Waals surface area contributed by atoms with Gasteiger partial charge in [0.25, 0.3) is 11.6 Å². The molecule has 0 heterocycles. The number of nitro benzene ring substituents is 1. The van der Waals surface area contributed by atoms with Crippen molar-refractivity contribution in [2.24, 2.45) is 0 Å². The van der Waals surface area contributed by atoms with Crippen LogP contribution in [0, 0.1) is 15.9 Å². The van der Waals surface area contributed by atoms with E-state index < -0.39 is 10.7 Å². The number of hydrogen-bond acceptors (Lipinski definition) is 3. The Morgan fingerprint density at radius 2 is 1.56 bits per heavy atom. The molecule has 1 N–H and O–H groups in total. The summed E-state index contributed by atoms with van der Waals surface area (Å²) in [5.41, 5.74) is 2.16. The van der Waals surface area contributed by atoms with Crippen molar-refractivity contribution in [1.29, 1.82) is 0 Å². The van der Waals surface area contributed by atoms with Crippen LogP contribution in [0.3, 0.4) is 0 Å². The van der Waals surface area contributed by atoms with Crippen molar-refractivity contribution in [2.45, 2.75) is 0 Å². The molecular formula is C21H15FN2O3. The first-order valence-electron chi connectivity index (χ1n) is 8.11. The third-order valence-corrected chi connectivity index (χ3v) is 3.85. The number of nitrogens with one attached hydrogen (secondary N) is 1. The highest BCUT2D eigenvalue weighted by atomic mass is 19.1. The smallest absolute Gasteiger partial charge is 0.269 e. The zero-order valence-electron chi connectivity index (χ0n) is 14.1. The predicted molar refractivity (Wildman–Crippen MR) is 102 cm³/mol. The molecule has 0 atom stereocenters. The maximum Gasteiger partial charge on any atom is 0.269 e. The van der Waals surface area contributed by atoms with Gasteiger partial charge in [0.15, 0.2) is 0 Å². The second-order valence-corrected chi connectivity index (χ2v) is 5.73. The lowest BCUT2D eigenvalue weighted by Crippen LogP contribution is -2.13. The number of rotatable bonds is 5. The standard InChI is InChI=1S/C21H15FN2O3/c22-17-8-10-18(11-9-17)23-21(25)20(16-4-2-1-3-5-16)14-15-6-12-19(13-7-15)24(26)27/h1-14H,(H,23,25)/b20-14+. The van der Waals surface area contributed by atoms with E-state index in [1.54, 1.807) is 30.3 Å². The molecule has 3 rings (SSSR count).